The highest BCUT2D eigenvalue weighted by Crippen LogP contribution is 2.37. The lowest BCUT2D eigenvalue weighted by molar-refractivity contribution is 0.355. The van der Waals surface area contributed by atoms with Gasteiger partial charge in [0.15, 0.2) is 23.1 Å². The quantitative estimate of drug-likeness (QED) is 0.328. The average molecular weight is 513 g/mol. The van der Waals surface area contributed by atoms with Gasteiger partial charge in [-0.2, -0.15) is 0 Å². The van der Waals surface area contributed by atoms with Crippen molar-refractivity contribution in [2.45, 2.75) is 6.04 Å². The molecule has 9 heteroatoms. The third kappa shape index (κ3) is 4.55. The number of fused-ring (bicyclic) bond motifs is 1. The van der Waals surface area contributed by atoms with E-state index in [0.29, 0.717) is 39.5 Å². The highest BCUT2D eigenvalue weighted by Gasteiger charge is 2.18. The van der Waals surface area contributed by atoms with Gasteiger partial charge in [0.05, 0.1) is 31.3 Å². The van der Waals surface area contributed by atoms with Crippen LogP contribution in [0.4, 0.5) is 4.39 Å². The standard InChI is InChI=1S/C29H25FN4O4/c1-34-28(27(31)17-7-5-4-6-8-17)33-16-20(29(34)35)18-9-10-24(21(30)13-18)38-23-11-12-32-22-15-26(37-3)25(36-2)14-19(22)23/h4-16,27H,31H2,1-3H3/t27-/m0/s1. The van der Waals surface area contributed by atoms with Crippen molar-refractivity contribution in [1.82, 2.24) is 14.5 Å². The third-order valence-corrected chi connectivity index (χ3v) is 6.31. The summed E-state index contributed by atoms with van der Waals surface area (Å²) < 4.78 is 33.2. The number of pyridine rings is 1. The van der Waals surface area contributed by atoms with Gasteiger partial charge in [-0.25, -0.2) is 9.37 Å². The number of methoxy groups -OCH3 is 2. The highest BCUT2D eigenvalue weighted by atomic mass is 19.1. The zero-order valence-corrected chi connectivity index (χ0v) is 21.0. The van der Waals surface area contributed by atoms with E-state index in [1.165, 1.54) is 37.1 Å². The van der Waals surface area contributed by atoms with E-state index in [0.717, 1.165) is 5.56 Å². The molecular formula is C29H25FN4O4. The van der Waals surface area contributed by atoms with Crippen LogP contribution >= 0.6 is 0 Å². The molecule has 5 aromatic rings. The number of rotatable bonds is 7. The fourth-order valence-electron chi connectivity index (χ4n) is 4.26. The molecule has 2 aromatic heterocycles. The Labute approximate surface area is 218 Å². The Morgan fingerprint density at radius 1 is 0.895 bits per heavy atom. The lowest BCUT2D eigenvalue weighted by Gasteiger charge is -2.16. The van der Waals surface area contributed by atoms with E-state index in [2.05, 4.69) is 9.97 Å². The van der Waals surface area contributed by atoms with Gasteiger partial charge >= 0.3 is 0 Å². The summed E-state index contributed by atoms with van der Waals surface area (Å²) in [4.78, 5) is 21.9. The average Bonchev–Trinajstić information content (AvgIpc) is 2.95. The van der Waals surface area contributed by atoms with Crippen LogP contribution < -0.4 is 25.5 Å². The Morgan fingerprint density at radius 3 is 2.34 bits per heavy atom. The molecule has 2 N–H and O–H groups in total. The number of ether oxygens (including phenoxy) is 3. The summed E-state index contributed by atoms with van der Waals surface area (Å²) >= 11 is 0. The minimum absolute atomic E-state index is 0.0106. The zero-order chi connectivity index (χ0) is 26.8. The van der Waals surface area contributed by atoms with Gasteiger partial charge in [0, 0.05) is 30.9 Å². The SMILES string of the molecule is COc1cc2nccc(Oc3ccc(-c4cnc([C@@H](N)c5ccccc5)n(C)c4=O)cc3F)c2cc1OC. The summed E-state index contributed by atoms with van der Waals surface area (Å²) in [5, 5.41) is 0.622. The second-order valence-electron chi connectivity index (χ2n) is 8.56. The Morgan fingerprint density at radius 2 is 1.63 bits per heavy atom. The van der Waals surface area contributed by atoms with Gasteiger partial charge in [0.25, 0.3) is 5.56 Å². The maximum atomic E-state index is 15.2. The van der Waals surface area contributed by atoms with Crippen molar-refractivity contribution >= 4 is 10.9 Å². The molecule has 5 rings (SSSR count). The molecule has 3 aromatic carbocycles. The van der Waals surface area contributed by atoms with Crippen LogP contribution in [0, 0.1) is 5.82 Å². The summed E-state index contributed by atoms with van der Waals surface area (Å²) in [7, 11) is 4.66. The van der Waals surface area contributed by atoms with Crippen LogP contribution in [0.1, 0.15) is 17.4 Å². The van der Waals surface area contributed by atoms with E-state index >= 15 is 4.39 Å². The molecular weight excluding hydrogens is 487 g/mol. The minimum atomic E-state index is -0.639. The van der Waals surface area contributed by atoms with Gasteiger partial charge < -0.3 is 19.9 Å². The molecule has 0 fully saturated rings. The second-order valence-corrected chi connectivity index (χ2v) is 8.56. The molecule has 0 unspecified atom stereocenters. The topological polar surface area (TPSA) is 101 Å². The van der Waals surface area contributed by atoms with E-state index in [1.807, 2.05) is 30.3 Å². The van der Waals surface area contributed by atoms with Crippen LogP contribution in [0.5, 0.6) is 23.0 Å². The summed E-state index contributed by atoms with van der Waals surface area (Å²) in [6.07, 6.45) is 2.98. The Bertz CT molecular complexity index is 1690. The van der Waals surface area contributed by atoms with E-state index in [-0.39, 0.29) is 16.9 Å². The van der Waals surface area contributed by atoms with Gasteiger partial charge in [0.1, 0.15) is 11.6 Å². The number of nitrogens with two attached hydrogens (primary N) is 1. The van der Waals surface area contributed by atoms with Crippen LogP contribution in [-0.4, -0.2) is 28.8 Å². The van der Waals surface area contributed by atoms with Crippen LogP contribution in [-0.2, 0) is 7.05 Å². The molecule has 0 radical (unpaired) electrons. The van der Waals surface area contributed by atoms with Crippen molar-refractivity contribution in [2.24, 2.45) is 12.8 Å². The first-order valence-electron chi connectivity index (χ1n) is 11.8. The largest absolute Gasteiger partial charge is 0.493 e. The molecule has 0 bridgehead atoms. The summed E-state index contributed by atoms with van der Waals surface area (Å²) in [5.74, 6) is 1.16. The fourth-order valence-corrected chi connectivity index (χ4v) is 4.26. The minimum Gasteiger partial charge on any atom is -0.493 e. The second kappa shape index (κ2) is 10.3. The van der Waals surface area contributed by atoms with Crippen molar-refractivity contribution in [2.75, 3.05) is 14.2 Å². The molecule has 0 saturated carbocycles. The Balaban J connectivity index is 1.46. The van der Waals surface area contributed by atoms with Crippen molar-refractivity contribution < 1.29 is 18.6 Å². The summed E-state index contributed by atoms with van der Waals surface area (Å²) in [6, 6.07) is 18.2. The van der Waals surface area contributed by atoms with Crippen molar-refractivity contribution in [1.29, 1.82) is 0 Å². The van der Waals surface area contributed by atoms with Crippen LogP contribution in [0.2, 0.25) is 0 Å². The Hall–Kier alpha value is -4.76. The monoisotopic (exact) mass is 512 g/mol. The molecule has 0 saturated heterocycles. The third-order valence-electron chi connectivity index (χ3n) is 6.31. The lowest BCUT2D eigenvalue weighted by atomic mass is 10.1. The molecule has 192 valence electrons. The maximum Gasteiger partial charge on any atom is 0.261 e. The van der Waals surface area contributed by atoms with Gasteiger partial charge in [-0.1, -0.05) is 36.4 Å². The first-order chi connectivity index (χ1) is 18.4. The molecule has 0 aliphatic heterocycles. The molecule has 0 amide bonds. The number of halogens is 1. The number of hydrogen-bond acceptors (Lipinski definition) is 7. The number of hydrogen-bond donors (Lipinski definition) is 1. The number of benzene rings is 3. The summed E-state index contributed by atoms with van der Waals surface area (Å²) in [6.45, 7) is 0. The van der Waals surface area contributed by atoms with Crippen LogP contribution in [0.3, 0.4) is 0 Å². The van der Waals surface area contributed by atoms with Gasteiger partial charge in [0.2, 0.25) is 0 Å². The molecule has 0 aliphatic rings. The predicted octanol–water partition coefficient (Wildman–Crippen LogP) is 4.99. The van der Waals surface area contributed by atoms with Crippen LogP contribution in [0.15, 0.2) is 83.9 Å². The van der Waals surface area contributed by atoms with Crippen molar-refractivity contribution in [3.8, 4) is 34.1 Å². The zero-order valence-electron chi connectivity index (χ0n) is 21.0. The van der Waals surface area contributed by atoms with Gasteiger partial charge in [-0.05, 0) is 35.4 Å². The predicted molar refractivity (Wildman–Crippen MR) is 142 cm³/mol. The number of nitrogens with zero attached hydrogens (tertiary/aromatic N) is 3. The van der Waals surface area contributed by atoms with Crippen LogP contribution in [0.25, 0.3) is 22.0 Å². The molecule has 1 atom stereocenters. The van der Waals surface area contributed by atoms with Gasteiger partial charge in [-0.15, -0.1) is 0 Å². The smallest absolute Gasteiger partial charge is 0.261 e. The lowest BCUT2D eigenvalue weighted by Crippen LogP contribution is -2.28. The molecule has 2 heterocycles. The van der Waals surface area contributed by atoms with Gasteiger partial charge in [-0.3, -0.25) is 14.3 Å². The normalized spacial score (nSPS) is 11.8. The van der Waals surface area contributed by atoms with Crippen molar-refractivity contribution in [3.05, 3.63) is 107 Å². The van der Waals surface area contributed by atoms with Crippen molar-refractivity contribution in [3.63, 3.8) is 0 Å². The molecule has 8 nitrogen and oxygen atoms in total. The van der Waals surface area contributed by atoms with E-state index < -0.39 is 11.9 Å². The first-order valence-corrected chi connectivity index (χ1v) is 11.8. The maximum absolute atomic E-state index is 15.2. The number of aromatic nitrogens is 3. The molecule has 0 spiro atoms. The van der Waals surface area contributed by atoms with E-state index in [1.54, 1.807) is 37.5 Å². The van der Waals surface area contributed by atoms with E-state index in [9.17, 15) is 4.79 Å². The Kier molecular flexibility index (Phi) is 6.76. The highest BCUT2D eigenvalue weighted by molar-refractivity contribution is 5.88. The fraction of sp³-hybridized carbons (Fsp3) is 0.138. The van der Waals surface area contributed by atoms with E-state index in [4.69, 9.17) is 19.9 Å². The molecule has 38 heavy (non-hydrogen) atoms. The first kappa shape index (κ1) is 24.9. The molecule has 0 aliphatic carbocycles. The summed E-state index contributed by atoms with van der Waals surface area (Å²) in [5.41, 5.74) is 8.05.